The number of rotatable bonds is 7. The summed E-state index contributed by atoms with van der Waals surface area (Å²) >= 11 is 3.06. The van der Waals surface area contributed by atoms with Crippen LogP contribution in [0.3, 0.4) is 0 Å². The molecule has 6 heteroatoms. The van der Waals surface area contributed by atoms with Gasteiger partial charge in [0.25, 0.3) is 5.91 Å². The highest BCUT2D eigenvalue weighted by molar-refractivity contribution is 8.01. The SMILES string of the molecule is CC(CCC(C)C)=NNC(=O)CSc1nc2ccccc2s1. The number of benzene rings is 1. The second-order valence-electron chi connectivity index (χ2n) is 5.55. The molecule has 0 saturated carbocycles. The van der Waals surface area contributed by atoms with Crippen molar-refractivity contribution in [2.75, 3.05) is 5.75 Å². The fraction of sp³-hybridized carbons (Fsp3) is 0.438. The van der Waals surface area contributed by atoms with Crippen LogP contribution < -0.4 is 5.43 Å². The Balaban J connectivity index is 1.78. The first-order chi connectivity index (χ1) is 10.5. The Morgan fingerprint density at radius 2 is 2.18 bits per heavy atom. The minimum absolute atomic E-state index is 0.0897. The molecular weight excluding hydrogens is 314 g/mol. The van der Waals surface area contributed by atoms with Crippen molar-refractivity contribution >= 4 is 44.9 Å². The first-order valence-corrected chi connectivity index (χ1v) is 9.15. The van der Waals surface area contributed by atoms with Crippen LogP contribution in [0.5, 0.6) is 0 Å². The van der Waals surface area contributed by atoms with Crippen LogP contribution >= 0.6 is 23.1 Å². The van der Waals surface area contributed by atoms with Gasteiger partial charge >= 0.3 is 0 Å². The van der Waals surface area contributed by atoms with Crippen LogP contribution in [-0.4, -0.2) is 22.4 Å². The highest BCUT2D eigenvalue weighted by Gasteiger charge is 2.07. The average Bonchev–Trinajstić information content (AvgIpc) is 2.91. The van der Waals surface area contributed by atoms with E-state index >= 15 is 0 Å². The van der Waals surface area contributed by atoms with E-state index in [-0.39, 0.29) is 5.91 Å². The normalized spacial score (nSPS) is 12.1. The summed E-state index contributed by atoms with van der Waals surface area (Å²) in [5.74, 6) is 0.893. The second kappa shape index (κ2) is 8.29. The van der Waals surface area contributed by atoms with Gasteiger partial charge in [-0.15, -0.1) is 11.3 Å². The molecule has 0 fully saturated rings. The molecule has 1 aromatic carbocycles. The van der Waals surface area contributed by atoms with Gasteiger partial charge in [0.1, 0.15) is 0 Å². The minimum Gasteiger partial charge on any atom is -0.272 e. The number of amides is 1. The van der Waals surface area contributed by atoms with Crippen LogP contribution in [0.1, 0.15) is 33.6 Å². The van der Waals surface area contributed by atoms with Gasteiger partial charge in [-0.3, -0.25) is 4.79 Å². The van der Waals surface area contributed by atoms with Gasteiger partial charge in [-0.25, -0.2) is 10.4 Å². The van der Waals surface area contributed by atoms with Crippen molar-refractivity contribution in [1.29, 1.82) is 0 Å². The third-order valence-corrected chi connectivity index (χ3v) is 5.24. The molecule has 1 heterocycles. The lowest BCUT2D eigenvalue weighted by Crippen LogP contribution is -2.21. The largest absolute Gasteiger partial charge is 0.272 e. The van der Waals surface area contributed by atoms with Gasteiger partial charge in [-0.1, -0.05) is 37.7 Å². The lowest BCUT2D eigenvalue weighted by molar-refractivity contribution is -0.118. The van der Waals surface area contributed by atoms with E-state index in [0.717, 1.165) is 33.1 Å². The average molecular weight is 335 g/mol. The highest BCUT2D eigenvalue weighted by atomic mass is 32.2. The molecule has 1 aromatic heterocycles. The van der Waals surface area contributed by atoms with Crippen molar-refractivity contribution in [3.05, 3.63) is 24.3 Å². The molecule has 0 aliphatic carbocycles. The van der Waals surface area contributed by atoms with Gasteiger partial charge in [-0.05, 0) is 37.8 Å². The van der Waals surface area contributed by atoms with E-state index in [2.05, 4.69) is 29.4 Å². The van der Waals surface area contributed by atoms with Crippen LogP contribution in [0.4, 0.5) is 0 Å². The predicted molar refractivity (Wildman–Crippen MR) is 95.7 cm³/mol. The summed E-state index contributed by atoms with van der Waals surface area (Å²) in [5.41, 5.74) is 4.56. The highest BCUT2D eigenvalue weighted by Crippen LogP contribution is 2.28. The van der Waals surface area contributed by atoms with Crippen molar-refractivity contribution in [3.63, 3.8) is 0 Å². The standard InChI is InChI=1S/C16H21N3OS2/c1-11(2)8-9-12(3)18-19-15(20)10-21-16-17-13-6-4-5-7-14(13)22-16/h4-7,11H,8-10H2,1-3H3,(H,19,20). The molecule has 0 saturated heterocycles. The van der Waals surface area contributed by atoms with E-state index in [1.807, 2.05) is 31.2 Å². The predicted octanol–water partition coefficient (Wildman–Crippen LogP) is 4.32. The fourth-order valence-electron chi connectivity index (χ4n) is 1.78. The maximum absolute atomic E-state index is 11.8. The van der Waals surface area contributed by atoms with E-state index in [4.69, 9.17) is 0 Å². The smallest absolute Gasteiger partial charge is 0.250 e. The zero-order chi connectivity index (χ0) is 15.9. The van der Waals surface area contributed by atoms with Gasteiger partial charge in [0.05, 0.1) is 16.0 Å². The number of thioether (sulfide) groups is 1. The van der Waals surface area contributed by atoms with Crippen molar-refractivity contribution in [2.24, 2.45) is 11.0 Å². The van der Waals surface area contributed by atoms with E-state index in [9.17, 15) is 4.79 Å². The molecule has 0 spiro atoms. The molecule has 1 N–H and O–H groups in total. The number of carbonyl (C=O) groups is 1. The van der Waals surface area contributed by atoms with Crippen LogP contribution in [-0.2, 0) is 4.79 Å². The molecule has 2 aromatic rings. The number of para-hydroxylation sites is 1. The summed E-state index contributed by atoms with van der Waals surface area (Å²) in [4.78, 5) is 16.3. The number of hydrogen-bond donors (Lipinski definition) is 1. The quantitative estimate of drug-likeness (QED) is 0.466. The van der Waals surface area contributed by atoms with Crippen LogP contribution in [0.25, 0.3) is 10.2 Å². The summed E-state index contributed by atoms with van der Waals surface area (Å²) in [7, 11) is 0. The Kier molecular flexibility index (Phi) is 6.39. The second-order valence-corrected chi connectivity index (χ2v) is 7.80. The number of hydrazone groups is 1. The zero-order valence-corrected chi connectivity index (χ0v) is 14.8. The summed E-state index contributed by atoms with van der Waals surface area (Å²) < 4.78 is 2.06. The molecule has 4 nitrogen and oxygen atoms in total. The van der Waals surface area contributed by atoms with Gasteiger partial charge in [-0.2, -0.15) is 5.10 Å². The number of hydrogen-bond acceptors (Lipinski definition) is 5. The molecule has 0 atom stereocenters. The Bertz CT molecular complexity index is 631. The molecule has 0 bridgehead atoms. The molecule has 0 aliphatic rings. The number of aromatic nitrogens is 1. The summed E-state index contributed by atoms with van der Waals surface area (Å²) in [6, 6.07) is 7.99. The van der Waals surface area contributed by atoms with E-state index in [1.165, 1.54) is 11.8 Å². The fourth-order valence-corrected chi connectivity index (χ4v) is 3.64. The molecule has 118 valence electrons. The van der Waals surface area contributed by atoms with Crippen LogP contribution in [0, 0.1) is 5.92 Å². The van der Waals surface area contributed by atoms with Crippen LogP contribution in [0.2, 0.25) is 0 Å². The van der Waals surface area contributed by atoms with E-state index in [1.54, 1.807) is 11.3 Å². The van der Waals surface area contributed by atoms with Crippen molar-refractivity contribution in [2.45, 2.75) is 38.0 Å². The van der Waals surface area contributed by atoms with Gasteiger partial charge in [0.2, 0.25) is 0 Å². The molecule has 22 heavy (non-hydrogen) atoms. The maximum atomic E-state index is 11.8. The van der Waals surface area contributed by atoms with Gasteiger partial charge in [0.15, 0.2) is 4.34 Å². The molecule has 2 rings (SSSR count). The zero-order valence-electron chi connectivity index (χ0n) is 13.1. The third-order valence-electron chi connectivity index (χ3n) is 3.06. The maximum Gasteiger partial charge on any atom is 0.250 e. The van der Waals surface area contributed by atoms with Crippen LogP contribution in [0.15, 0.2) is 33.7 Å². The number of nitrogens with zero attached hydrogens (tertiary/aromatic N) is 2. The van der Waals surface area contributed by atoms with Crippen molar-refractivity contribution < 1.29 is 4.79 Å². The van der Waals surface area contributed by atoms with Gasteiger partial charge in [0, 0.05) is 5.71 Å². The Hall–Kier alpha value is -1.40. The number of nitrogens with one attached hydrogen (secondary N) is 1. The summed E-state index contributed by atoms with van der Waals surface area (Å²) in [5, 5.41) is 4.14. The number of fused-ring (bicyclic) bond motifs is 1. The Morgan fingerprint density at radius 3 is 2.91 bits per heavy atom. The molecule has 0 aliphatic heterocycles. The molecular formula is C16H21N3OS2. The molecule has 1 amide bonds. The van der Waals surface area contributed by atoms with E-state index in [0.29, 0.717) is 11.7 Å². The number of thiazole rings is 1. The van der Waals surface area contributed by atoms with Crippen molar-refractivity contribution in [3.8, 4) is 0 Å². The van der Waals surface area contributed by atoms with E-state index < -0.39 is 0 Å². The monoisotopic (exact) mass is 335 g/mol. The Labute approximate surface area is 139 Å². The number of carbonyl (C=O) groups excluding carboxylic acids is 1. The molecule has 0 unspecified atom stereocenters. The lowest BCUT2D eigenvalue weighted by atomic mass is 10.1. The third kappa shape index (κ3) is 5.42. The van der Waals surface area contributed by atoms with Crippen molar-refractivity contribution in [1.82, 2.24) is 10.4 Å². The first kappa shape index (κ1) is 17.0. The Morgan fingerprint density at radius 1 is 1.41 bits per heavy atom. The molecule has 0 radical (unpaired) electrons. The van der Waals surface area contributed by atoms with Gasteiger partial charge < -0.3 is 0 Å². The first-order valence-electron chi connectivity index (χ1n) is 7.35. The summed E-state index contributed by atoms with van der Waals surface area (Å²) in [6.07, 6.45) is 2.01. The summed E-state index contributed by atoms with van der Waals surface area (Å²) in [6.45, 7) is 6.31. The topological polar surface area (TPSA) is 54.4 Å². The minimum atomic E-state index is -0.0897. The lowest BCUT2D eigenvalue weighted by Gasteiger charge is -2.04.